The number of hydrogen-bond donors (Lipinski definition) is 1. The molecule has 0 aliphatic heterocycles. The molecular weight excluding hydrogens is 176 g/mol. The highest BCUT2D eigenvalue weighted by Gasteiger charge is 2.09. The molecule has 2 heteroatoms. The van der Waals surface area contributed by atoms with Crippen molar-refractivity contribution in [2.45, 2.75) is 59.0 Å². The molecule has 0 aliphatic carbocycles. The molecule has 0 heterocycles. The molecule has 0 rings (SSSR count). The van der Waals surface area contributed by atoms with E-state index in [1.165, 1.54) is 12.8 Å². The van der Waals surface area contributed by atoms with Gasteiger partial charge in [0.25, 0.3) is 0 Å². The molecule has 2 unspecified atom stereocenters. The lowest BCUT2D eigenvalue weighted by Crippen LogP contribution is -2.12. The fourth-order valence-electron chi connectivity index (χ4n) is 1.76. The molecule has 0 bridgehead atoms. The highest BCUT2D eigenvalue weighted by molar-refractivity contribution is 4.61. The molecule has 0 aromatic carbocycles. The molecule has 2 nitrogen and oxygen atoms in total. The summed E-state index contributed by atoms with van der Waals surface area (Å²) in [7, 11) is 0. The van der Waals surface area contributed by atoms with Crippen LogP contribution in [0.5, 0.6) is 0 Å². The number of ether oxygens (including phenoxy) is 1. The van der Waals surface area contributed by atoms with Crippen LogP contribution in [0.15, 0.2) is 0 Å². The summed E-state index contributed by atoms with van der Waals surface area (Å²) >= 11 is 0. The predicted molar refractivity (Wildman–Crippen MR) is 60.4 cm³/mol. The first-order valence-corrected chi connectivity index (χ1v) is 5.96. The second kappa shape index (κ2) is 9.47. The fourth-order valence-corrected chi connectivity index (χ4v) is 1.76. The summed E-state index contributed by atoms with van der Waals surface area (Å²) in [5, 5.41) is 9.69. The lowest BCUT2D eigenvalue weighted by atomic mass is 9.97. The first kappa shape index (κ1) is 13.9. The average Bonchev–Trinajstić information content (AvgIpc) is 2.13. The minimum atomic E-state index is -0.128. The summed E-state index contributed by atoms with van der Waals surface area (Å²) in [5.74, 6) is 0.655. The van der Waals surface area contributed by atoms with E-state index in [-0.39, 0.29) is 6.10 Å². The minimum Gasteiger partial charge on any atom is -0.393 e. The number of aliphatic hydroxyl groups is 1. The maximum atomic E-state index is 9.69. The Labute approximate surface area is 88.7 Å². The molecule has 1 N–H and O–H groups in total. The van der Waals surface area contributed by atoms with Crippen LogP contribution in [0.3, 0.4) is 0 Å². The van der Waals surface area contributed by atoms with Crippen LogP contribution in [0.4, 0.5) is 0 Å². The van der Waals surface area contributed by atoms with E-state index in [2.05, 4.69) is 13.8 Å². The molecule has 0 aromatic heterocycles. The predicted octanol–water partition coefficient (Wildman–Crippen LogP) is 2.99. The Bertz CT molecular complexity index is 115. The lowest BCUT2D eigenvalue weighted by Gasteiger charge is -2.15. The Morgan fingerprint density at radius 1 is 1.21 bits per heavy atom. The van der Waals surface area contributed by atoms with Gasteiger partial charge in [0.2, 0.25) is 0 Å². The van der Waals surface area contributed by atoms with E-state index in [0.717, 1.165) is 32.5 Å². The summed E-state index contributed by atoms with van der Waals surface area (Å²) in [6.45, 7) is 7.98. The zero-order chi connectivity index (χ0) is 10.8. The van der Waals surface area contributed by atoms with E-state index in [9.17, 15) is 5.11 Å². The maximum Gasteiger partial charge on any atom is 0.0543 e. The van der Waals surface area contributed by atoms with Gasteiger partial charge in [-0.05, 0) is 32.1 Å². The van der Waals surface area contributed by atoms with Gasteiger partial charge in [-0.3, -0.25) is 0 Å². The zero-order valence-corrected chi connectivity index (χ0v) is 9.96. The molecule has 0 radical (unpaired) electrons. The molecule has 14 heavy (non-hydrogen) atoms. The Balaban J connectivity index is 3.30. The second-order valence-corrected chi connectivity index (χ2v) is 4.12. The number of aliphatic hydroxyl groups excluding tert-OH is 1. The molecule has 0 aliphatic rings. The molecule has 0 saturated carbocycles. The zero-order valence-electron chi connectivity index (χ0n) is 9.96. The average molecular weight is 202 g/mol. The van der Waals surface area contributed by atoms with Crippen molar-refractivity contribution >= 4 is 0 Å². The second-order valence-electron chi connectivity index (χ2n) is 4.12. The van der Waals surface area contributed by atoms with Crippen LogP contribution in [-0.2, 0) is 4.74 Å². The summed E-state index contributed by atoms with van der Waals surface area (Å²) in [6.07, 6.45) is 5.12. The van der Waals surface area contributed by atoms with Crippen LogP contribution in [0.2, 0.25) is 0 Å². The van der Waals surface area contributed by atoms with Crippen molar-refractivity contribution in [2.75, 3.05) is 13.2 Å². The molecule has 0 aromatic rings. The van der Waals surface area contributed by atoms with Crippen LogP contribution in [0.25, 0.3) is 0 Å². The van der Waals surface area contributed by atoms with Gasteiger partial charge in [0.1, 0.15) is 0 Å². The van der Waals surface area contributed by atoms with E-state index in [4.69, 9.17) is 4.74 Å². The highest BCUT2D eigenvalue weighted by atomic mass is 16.5. The van der Waals surface area contributed by atoms with Crippen molar-refractivity contribution in [3.8, 4) is 0 Å². The van der Waals surface area contributed by atoms with Gasteiger partial charge in [-0.2, -0.15) is 0 Å². The van der Waals surface area contributed by atoms with E-state index >= 15 is 0 Å². The normalized spacial score (nSPS) is 15.4. The van der Waals surface area contributed by atoms with E-state index < -0.39 is 0 Å². The first-order valence-electron chi connectivity index (χ1n) is 5.96. The molecular formula is C12H26O2. The van der Waals surface area contributed by atoms with Gasteiger partial charge in [0, 0.05) is 13.2 Å². The maximum absolute atomic E-state index is 9.69. The highest BCUT2D eigenvalue weighted by Crippen LogP contribution is 2.15. The molecule has 0 amide bonds. The Morgan fingerprint density at radius 3 is 2.50 bits per heavy atom. The van der Waals surface area contributed by atoms with Crippen LogP contribution in [0.1, 0.15) is 52.9 Å². The summed E-state index contributed by atoms with van der Waals surface area (Å²) in [5.41, 5.74) is 0. The Kier molecular flexibility index (Phi) is 9.42. The summed E-state index contributed by atoms with van der Waals surface area (Å²) < 4.78 is 5.23. The molecule has 2 atom stereocenters. The van der Waals surface area contributed by atoms with Gasteiger partial charge in [0.15, 0.2) is 0 Å². The van der Waals surface area contributed by atoms with Crippen molar-refractivity contribution in [3.05, 3.63) is 0 Å². The monoisotopic (exact) mass is 202 g/mol. The number of rotatable bonds is 9. The van der Waals surface area contributed by atoms with Gasteiger partial charge >= 0.3 is 0 Å². The van der Waals surface area contributed by atoms with Gasteiger partial charge in [-0.25, -0.2) is 0 Å². The standard InChI is InChI=1S/C12H26O2/c1-4-7-11(3)10-12(13)8-6-9-14-5-2/h11-13H,4-10H2,1-3H3. The van der Waals surface area contributed by atoms with Crippen LogP contribution in [0, 0.1) is 5.92 Å². The SMILES string of the molecule is CCCC(C)CC(O)CCCOCC. The third-order valence-electron chi connectivity index (χ3n) is 2.49. The smallest absolute Gasteiger partial charge is 0.0543 e. The largest absolute Gasteiger partial charge is 0.393 e. The molecule has 86 valence electrons. The lowest BCUT2D eigenvalue weighted by molar-refractivity contribution is 0.101. The summed E-state index contributed by atoms with van der Waals surface area (Å²) in [4.78, 5) is 0. The minimum absolute atomic E-state index is 0.128. The van der Waals surface area contributed by atoms with Crippen molar-refractivity contribution in [1.82, 2.24) is 0 Å². The van der Waals surface area contributed by atoms with Crippen molar-refractivity contribution < 1.29 is 9.84 Å². The topological polar surface area (TPSA) is 29.5 Å². The summed E-state index contributed by atoms with van der Waals surface area (Å²) in [6, 6.07) is 0. The van der Waals surface area contributed by atoms with E-state index in [1.54, 1.807) is 0 Å². The van der Waals surface area contributed by atoms with Crippen molar-refractivity contribution in [2.24, 2.45) is 5.92 Å². The fraction of sp³-hybridized carbons (Fsp3) is 1.00. The van der Waals surface area contributed by atoms with E-state index in [0.29, 0.717) is 5.92 Å². The molecule has 0 saturated heterocycles. The molecule has 0 fully saturated rings. The third-order valence-corrected chi connectivity index (χ3v) is 2.49. The van der Waals surface area contributed by atoms with E-state index in [1.807, 2.05) is 6.92 Å². The van der Waals surface area contributed by atoms with Crippen LogP contribution in [-0.4, -0.2) is 24.4 Å². The Hall–Kier alpha value is -0.0800. The van der Waals surface area contributed by atoms with Crippen molar-refractivity contribution in [3.63, 3.8) is 0 Å². The van der Waals surface area contributed by atoms with Gasteiger partial charge in [0.05, 0.1) is 6.10 Å². The molecule has 0 spiro atoms. The number of hydrogen-bond acceptors (Lipinski definition) is 2. The van der Waals surface area contributed by atoms with Gasteiger partial charge in [-0.15, -0.1) is 0 Å². The van der Waals surface area contributed by atoms with Crippen LogP contribution < -0.4 is 0 Å². The third kappa shape index (κ3) is 8.52. The quantitative estimate of drug-likeness (QED) is 0.582. The first-order chi connectivity index (χ1) is 6.70. The van der Waals surface area contributed by atoms with Crippen molar-refractivity contribution in [1.29, 1.82) is 0 Å². The van der Waals surface area contributed by atoms with Crippen LogP contribution >= 0.6 is 0 Å². The van der Waals surface area contributed by atoms with Gasteiger partial charge in [-0.1, -0.05) is 26.7 Å². The Morgan fingerprint density at radius 2 is 1.93 bits per heavy atom. The van der Waals surface area contributed by atoms with Gasteiger partial charge < -0.3 is 9.84 Å².